The molecule has 2 aromatic carbocycles. The summed E-state index contributed by atoms with van der Waals surface area (Å²) in [6, 6.07) is 6.70. The van der Waals surface area contributed by atoms with Crippen molar-refractivity contribution in [3.63, 3.8) is 0 Å². The first-order valence-corrected chi connectivity index (χ1v) is 14.3. The monoisotopic (exact) mass is 654 g/mol. The summed E-state index contributed by atoms with van der Waals surface area (Å²) in [5.41, 5.74) is -3.06. The quantitative estimate of drug-likeness (QED) is 0.0884. The number of aromatic amines is 1. The molecule has 4 rings (SSSR count). The minimum atomic E-state index is -5.11. The number of anilines is 1. The van der Waals surface area contributed by atoms with E-state index in [0.717, 1.165) is 12.8 Å². The van der Waals surface area contributed by atoms with Gasteiger partial charge in [0.2, 0.25) is 0 Å². The van der Waals surface area contributed by atoms with E-state index in [-0.39, 0.29) is 41.4 Å². The fourth-order valence-corrected chi connectivity index (χ4v) is 5.49. The number of halogens is 6. The second-order valence-corrected chi connectivity index (χ2v) is 12.2. The second kappa shape index (κ2) is 13.4. The zero-order chi connectivity index (χ0) is 33.9. The van der Waals surface area contributed by atoms with E-state index in [1.807, 2.05) is 0 Å². The number of H-pyrrole nitrogens is 1. The summed E-state index contributed by atoms with van der Waals surface area (Å²) in [5, 5.41) is 27.1. The van der Waals surface area contributed by atoms with E-state index in [1.165, 1.54) is 12.1 Å². The number of benzene rings is 2. The summed E-state index contributed by atoms with van der Waals surface area (Å²) in [5.74, 6) is -0.521. The van der Waals surface area contributed by atoms with Crippen molar-refractivity contribution < 1.29 is 36.1 Å². The molecular weight excluding hydrogens is 622 g/mol. The van der Waals surface area contributed by atoms with Crippen molar-refractivity contribution in [3.05, 3.63) is 74.8 Å². The number of aromatic nitrogens is 4. The molecule has 0 radical (unpaired) electrons. The first-order chi connectivity index (χ1) is 21.4. The Hall–Kier alpha value is -4.57. The number of tetrazole rings is 1. The van der Waals surface area contributed by atoms with Crippen molar-refractivity contribution in [1.29, 1.82) is 0 Å². The highest BCUT2D eigenvalue weighted by Crippen LogP contribution is 2.41. The standard InChI is InChI=1S/C29H32F6N8O3/c1-27(2,3)19-8-10-23(11-9-19)42(15-17-4-6-18(7-5-17)25(44)37-26-38-40-41-39-26)24(16-43(45)46)36-22-13-20(28(30,31)32)12-21(14-22)29(33,34)35/h4-7,12-14,19,23H,8-11,15-16H2,1-3H3,(H2,37,38,39,40,41,44). The Bertz CT molecular complexity index is 1510. The van der Waals surface area contributed by atoms with Gasteiger partial charge in [-0.3, -0.25) is 20.2 Å². The third-order valence-corrected chi connectivity index (χ3v) is 7.93. The van der Waals surface area contributed by atoms with Crippen LogP contribution in [0.2, 0.25) is 0 Å². The number of nitrogens with zero attached hydrogens (tertiary/aromatic N) is 6. The molecule has 2 N–H and O–H groups in total. The van der Waals surface area contributed by atoms with Gasteiger partial charge in [-0.05, 0) is 78.1 Å². The normalized spacial score (nSPS) is 17.9. The van der Waals surface area contributed by atoms with Gasteiger partial charge in [0.25, 0.3) is 18.4 Å². The predicted octanol–water partition coefficient (Wildman–Crippen LogP) is 6.90. The summed E-state index contributed by atoms with van der Waals surface area (Å²) < 4.78 is 81.4. The summed E-state index contributed by atoms with van der Waals surface area (Å²) in [7, 11) is 0. The Morgan fingerprint density at radius 2 is 1.59 bits per heavy atom. The van der Waals surface area contributed by atoms with Crippen LogP contribution in [0.4, 0.5) is 38.0 Å². The SMILES string of the molecule is CC(C)(C)C1CCC(N(Cc2ccc(C(=O)Nc3nn[nH]n3)cc2)C(C[N+](=O)[O-])=Nc2cc(C(F)(F)F)cc(C(F)(F)F)c2)CC1. The van der Waals surface area contributed by atoms with Crippen LogP contribution in [0, 0.1) is 21.4 Å². The van der Waals surface area contributed by atoms with E-state index < -0.39 is 46.5 Å². The third kappa shape index (κ3) is 9.00. The zero-order valence-corrected chi connectivity index (χ0v) is 25.1. The molecular formula is C29H32F6N8O3. The van der Waals surface area contributed by atoms with Gasteiger partial charge in [0.05, 0.1) is 16.8 Å². The topological polar surface area (TPSA) is 142 Å². The Balaban J connectivity index is 1.73. The number of carbonyl (C=O) groups excluding carboxylic acids is 1. The van der Waals surface area contributed by atoms with Crippen LogP contribution in [0.1, 0.15) is 73.5 Å². The molecule has 1 fully saturated rings. The van der Waals surface area contributed by atoms with Crippen LogP contribution in [0.25, 0.3) is 0 Å². The molecule has 11 nitrogen and oxygen atoms in total. The molecule has 1 aromatic heterocycles. The number of hydrogen-bond acceptors (Lipinski definition) is 7. The maximum Gasteiger partial charge on any atom is 0.416 e. The van der Waals surface area contributed by atoms with E-state index >= 15 is 0 Å². The Kier molecular flexibility index (Phi) is 10.0. The highest BCUT2D eigenvalue weighted by molar-refractivity contribution is 6.03. The fourth-order valence-electron chi connectivity index (χ4n) is 5.49. The summed E-state index contributed by atoms with van der Waals surface area (Å²) in [6.07, 6.45) is -7.57. The smallest absolute Gasteiger partial charge is 0.347 e. The Morgan fingerprint density at radius 1 is 1.00 bits per heavy atom. The molecule has 1 aliphatic carbocycles. The molecule has 1 aliphatic rings. The number of nitro groups is 1. The number of hydrogen-bond donors (Lipinski definition) is 2. The fraction of sp³-hybridized carbons (Fsp3) is 0.483. The lowest BCUT2D eigenvalue weighted by Crippen LogP contribution is -2.45. The molecule has 0 atom stereocenters. The van der Waals surface area contributed by atoms with Gasteiger partial charge in [-0.25, -0.2) is 4.99 Å². The first kappa shape index (κ1) is 34.3. The summed E-state index contributed by atoms with van der Waals surface area (Å²) in [6.45, 7) is 5.38. The molecule has 0 bridgehead atoms. The average molecular weight is 655 g/mol. The van der Waals surface area contributed by atoms with Gasteiger partial charge in [-0.1, -0.05) is 38.0 Å². The number of carbonyl (C=O) groups is 1. The number of amides is 1. The Labute approximate surface area is 259 Å². The maximum atomic E-state index is 13.6. The van der Waals surface area contributed by atoms with Gasteiger partial charge in [-0.15, -0.1) is 5.10 Å². The number of aliphatic imine (C=N–C) groups is 1. The number of rotatable bonds is 8. The van der Waals surface area contributed by atoms with Gasteiger partial charge in [0.15, 0.2) is 5.84 Å². The van der Waals surface area contributed by atoms with Crippen LogP contribution in [0.3, 0.4) is 0 Å². The van der Waals surface area contributed by atoms with E-state index in [2.05, 4.69) is 51.7 Å². The highest BCUT2D eigenvalue weighted by atomic mass is 19.4. The van der Waals surface area contributed by atoms with E-state index in [0.29, 0.717) is 36.5 Å². The van der Waals surface area contributed by atoms with Gasteiger partial charge in [-0.2, -0.15) is 31.6 Å². The van der Waals surface area contributed by atoms with Crippen LogP contribution >= 0.6 is 0 Å². The molecule has 0 unspecified atom stereocenters. The van der Waals surface area contributed by atoms with Crippen molar-refractivity contribution in [2.45, 2.75) is 71.4 Å². The molecule has 46 heavy (non-hydrogen) atoms. The summed E-state index contributed by atoms with van der Waals surface area (Å²) >= 11 is 0. The van der Waals surface area contributed by atoms with Gasteiger partial charge in [0.1, 0.15) is 0 Å². The predicted molar refractivity (Wildman–Crippen MR) is 155 cm³/mol. The third-order valence-electron chi connectivity index (χ3n) is 7.93. The molecule has 248 valence electrons. The lowest BCUT2D eigenvalue weighted by molar-refractivity contribution is -0.464. The van der Waals surface area contributed by atoms with Gasteiger partial charge in [0, 0.05) is 23.1 Å². The molecule has 1 amide bonds. The van der Waals surface area contributed by atoms with E-state index in [1.54, 1.807) is 17.0 Å². The van der Waals surface area contributed by atoms with Crippen molar-refractivity contribution in [2.75, 3.05) is 11.9 Å². The highest BCUT2D eigenvalue weighted by Gasteiger charge is 2.38. The van der Waals surface area contributed by atoms with E-state index in [4.69, 9.17) is 0 Å². The Morgan fingerprint density at radius 3 is 2.07 bits per heavy atom. The van der Waals surface area contributed by atoms with E-state index in [9.17, 15) is 41.3 Å². The molecule has 1 saturated carbocycles. The summed E-state index contributed by atoms with van der Waals surface area (Å²) in [4.78, 5) is 29.3. The molecule has 17 heteroatoms. The van der Waals surface area contributed by atoms with Gasteiger partial charge < -0.3 is 4.90 Å². The van der Waals surface area contributed by atoms with Crippen LogP contribution in [0.15, 0.2) is 47.5 Å². The van der Waals surface area contributed by atoms with Crippen LogP contribution < -0.4 is 5.32 Å². The van der Waals surface area contributed by atoms with Crippen LogP contribution in [0.5, 0.6) is 0 Å². The van der Waals surface area contributed by atoms with Crippen LogP contribution in [-0.4, -0.2) is 54.8 Å². The minimum absolute atomic E-state index is 0.00249. The lowest BCUT2D eigenvalue weighted by Gasteiger charge is -2.41. The van der Waals surface area contributed by atoms with Crippen molar-refractivity contribution in [2.24, 2.45) is 16.3 Å². The van der Waals surface area contributed by atoms with Crippen LogP contribution in [-0.2, 0) is 18.9 Å². The molecule has 0 saturated heterocycles. The molecule has 1 heterocycles. The molecule has 0 aliphatic heterocycles. The average Bonchev–Trinajstić information content (AvgIpc) is 3.47. The first-order valence-electron chi connectivity index (χ1n) is 14.3. The second-order valence-electron chi connectivity index (χ2n) is 12.2. The minimum Gasteiger partial charge on any atom is -0.347 e. The van der Waals surface area contributed by atoms with Crippen molar-refractivity contribution in [1.82, 2.24) is 25.5 Å². The largest absolute Gasteiger partial charge is 0.416 e. The molecule has 0 spiro atoms. The lowest BCUT2D eigenvalue weighted by atomic mass is 9.71. The number of amidine groups is 1. The molecule has 3 aromatic rings. The number of nitrogens with one attached hydrogen (secondary N) is 2. The van der Waals surface area contributed by atoms with Gasteiger partial charge >= 0.3 is 12.4 Å². The van der Waals surface area contributed by atoms with Crippen molar-refractivity contribution in [3.8, 4) is 0 Å². The number of alkyl halides is 6. The maximum absolute atomic E-state index is 13.6. The van der Waals surface area contributed by atoms with Crippen molar-refractivity contribution >= 4 is 23.4 Å². The zero-order valence-electron chi connectivity index (χ0n) is 25.1.